The van der Waals surface area contributed by atoms with Crippen LogP contribution in [-0.4, -0.2) is 16.9 Å². The summed E-state index contributed by atoms with van der Waals surface area (Å²) < 4.78 is 0. The lowest BCUT2D eigenvalue weighted by Crippen LogP contribution is -2.30. The fourth-order valence-electron chi connectivity index (χ4n) is 2.60. The first kappa shape index (κ1) is 16.9. The zero-order chi connectivity index (χ0) is 18.0. The minimum absolute atomic E-state index is 0.127. The van der Waals surface area contributed by atoms with E-state index >= 15 is 0 Å². The van der Waals surface area contributed by atoms with Crippen LogP contribution in [-0.2, 0) is 9.59 Å². The maximum Gasteiger partial charge on any atom is 0.281 e. The van der Waals surface area contributed by atoms with Gasteiger partial charge >= 0.3 is 0 Å². The lowest BCUT2D eigenvalue weighted by molar-refractivity contribution is -0.114. The van der Waals surface area contributed by atoms with Gasteiger partial charge in [-0.2, -0.15) is 0 Å². The highest BCUT2D eigenvalue weighted by Gasteiger charge is 2.32. The third-order valence-corrected chi connectivity index (χ3v) is 4.06. The molecule has 126 valence electrons. The molecule has 3 rings (SSSR count). The van der Waals surface area contributed by atoms with E-state index in [1.807, 2.05) is 43.3 Å². The van der Waals surface area contributed by atoms with Gasteiger partial charge < -0.3 is 10.6 Å². The summed E-state index contributed by atoms with van der Waals surface area (Å²) in [7, 11) is 0. The third-order valence-electron chi connectivity index (χ3n) is 3.78. The predicted molar refractivity (Wildman–Crippen MR) is 103 cm³/mol. The van der Waals surface area contributed by atoms with E-state index in [0.717, 1.165) is 16.8 Å². The van der Waals surface area contributed by atoms with Gasteiger partial charge in [0.1, 0.15) is 5.70 Å². The first-order chi connectivity index (χ1) is 12.0. The highest BCUT2D eigenvalue weighted by Crippen LogP contribution is 2.25. The number of aryl methyl sites for hydroxylation is 1. The molecule has 25 heavy (non-hydrogen) atoms. The summed E-state index contributed by atoms with van der Waals surface area (Å²) in [5.74, 6) is -0.316. The molecule has 1 saturated heterocycles. The summed E-state index contributed by atoms with van der Waals surface area (Å²) in [4.78, 5) is 25.3. The molecular weight excluding hydrogens is 334 g/mol. The van der Waals surface area contributed by atoms with Crippen LogP contribution >= 0.6 is 12.2 Å². The van der Waals surface area contributed by atoms with Crippen molar-refractivity contribution in [3.63, 3.8) is 0 Å². The number of benzene rings is 2. The maximum atomic E-state index is 12.7. The molecule has 2 amide bonds. The van der Waals surface area contributed by atoms with Gasteiger partial charge in [-0.05, 0) is 54.5 Å². The van der Waals surface area contributed by atoms with Crippen molar-refractivity contribution < 1.29 is 9.59 Å². The van der Waals surface area contributed by atoms with E-state index in [0.29, 0.717) is 16.5 Å². The molecule has 1 fully saturated rings. The van der Waals surface area contributed by atoms with Gasteiger partial charge in [0.25, 0.3) is 5.91 Å². The Labute approximate surface area is 151 Å². The molecule has 1 aliphatic rings. The number of nitrogens with one attached hydrogen (secondary N) is 2. The van der Waals surface area contributed by atoms with E-state index in [4.69, 9.17) is 12.2 Å². The van der Waals surface area contributed by atoms with Crippen molar-refractivity contribution in [2.24, 2.45) is 0 Å². The van der Waals surface area contributed by atoms with E-state index < -0.39 is 0 Å². The molecule has 0 unspecified atom stereocenters. The predicted octanol–water partition coefficient (Wildman–Crippen LogP) is 3.22. The molecule has 5 nitrogen and oxygen atoms in total. The van der Waals surface area contributed by atoms with Gasteiger partial charge in [-0.25, -0.2) is 0 Å². The van der Waals surface area contributed by atoms with Gasteiger partial charge in [0.05, 0.1) is 5.69 Å². The van der Waals surface area contributed by atoms with E-state index in [9.17, 15) is 9.59 Å². The first-order valence-corrected chi connectivity index (χ1v) is 8.17. The summed E-state index contributed by atoms with van der Waals surface area (Å²) in [6.45, 7) is 3.39. The van der Waals surface area contributed by atoms with Crippen molar-refractivity contribution in [3.05, 3.63) is 65.4 Å². The Morgan fingerprint density at radius 1 is 1.16 bits per heavy atom. The van der Waals surface area contributed by atoms with E-state index in [-0.39, 0.29) is 11.8 Å². The fourth-order valence-corrected chi connectivity index (χ4v) is 2.89. The number of thiocarbonyl (C=S) groups is 1. The third kappa shape index (κ3) is 3.59. The molecule has 0 atom stereocenters. The van der Waals surface area contributed by atoms with Crippen molar-refractivity contribution in [2.45, 2.75) is 13.8 Å². The van der Waals surface area contributed by atoms with Crippen LogP contribution in [0.2, 0.25) is 0 Å². The average molecular weight is 351 g/mol. The molecule has 0 bridgehead atoms. The number of carbonyl (C=O) groups excluding carboxylic acids is 2. The van der Waals surface area contributed by atoms with Crippen molar-refractivity contribution in [1.82, 2.24) is 5.32 Å². The molecule has 0 spiro atoms. The van der Waals surface area contributed by atoms with Crippen molar-refractivity contribution in [3.8, 4) is 0 Å². The first-order valence-electron chi connectivity index (χ1n) is 7.76. The van der Waals surface area contributed by atoms with Crippen LogP contribution in [0.5, 0.6) is 0 Å². The van der Waals surface area contributed by atoms with E-state index in [1.165, 1.54) is 11.8 Å². The van der Waals surface area contributed by atoms with Gasteiger partial charge in [-0.3, -0.25) is 14.5 Å². The average Bonchev–Trinajstić information content (AvgIpc) is 2.83. The van der Waals surface area contributed by atoms with Crippen LogP contribution in [0.3, 0.4) is 0 Å². The van der Waals surface area contributed by atoms with Crippen LogP contribution in [0.1, 0.15) is 18.1 Å². The lowest BCUT2D eigenvalue weighted by Gasteiger charge is -2.16. The lowest BCUT2D eigenvalue weighted by atomic mass is 10.1. The van der Waals surface area contributed by atoms with Crippen LogP contribution in [0.15, 0.2) is 54.2 Å². The monoisotopic (exact) mass is 351 g/mol. The van der Waals surface area contributed by atoms with Crippen LogP contribution in [0, 0.1) is 6.92 Å². The van der Waals surface area contributed by atoms with Gasteiger partial charge in [0.2, 0.25) is 5.91 Å². The Morgan fingerprint density at radius 3 is 2.48 bits per heavy atom. The number of nitrogens with zero attached hydrogens (tertiary/aromatic N) is 1. The SMILES string of the molecule is CC(=O)Nc1ccc(/C=C2\NC(=S)N(c3ccccc3C)C2=O)cc1. The Kier molecular flexibility index (Phi) is 4.63. The van der Waals surface area contributed by atoms with Crippen molar-refractivity contribution in [1.29, 1.82) is 0 Å². The zero-order valence-electron chi connectivity index (χ0n) is 13.9. The largest absolute Gasteiger partial charge is 0.327 e. The van der Waals surface area contributed by atoms with Crippen LogP contribution < -0.4 is 15.5 Å². The fraction of sp³-hybridized carbons (Fsp3) is 0.105. The molecule has 2 aromatic carbocycles. The Morgan fingerprint density at radius 2 is 1.84 bits per heavy atom. The number of hydrogen-bond donors (Lipinski definition) is 2. The summed E-state index contributed by atoms with van der Waals surface area (Å²) in [5.41, 5.74) is 3.70. The highest BCUT2D eigenvalue weighted by atomic mass is 32.1. The quantitative estimate of drug-likeness (QED) is 0.658. The molecule has 0 aromatic heterocycles. The minimum Gasteiger partial charge on any atom is -0.327 e. The van der Waals surface area contributed by atoms with Crippen LogP contribution in [0.25, 0.3) is 6.08 Å². The number of carbonyl (C=O) groups is 2. The summed E-state index contributed by atoms with van der Waals surface area (Å²) in [5, 5.41) is 6.04. The second kappa shape index (κ2) is 6.86. The molecule has 1 aliphatic heterocycles. The highest BCUT2D eigenvalue weighted by molar-refractivity contribution is 7.80. The number of rotatable bonds is 3. The molecule has 6 heteroatoms. The number of amides is 2. The molecule has 1 heterocycles. The van der Waals surface area contributed by atoms with Crippen molar-refractivity contribution in [2.75, 3.05) is 10.2 Å². The van der Waals surface area contributed by atoms with E-state index in [1.54, 1.807) is 18.2 Å². The van der Waals surface area contributed by atoms with Gasteiger partial charge in [0.15, 0.2) is 5.11 Å². The molecule has 0 radical (unpaired) electrons. The van der Waals surface area contributed by atoms with E-state index in [2.05, 4.69) is 10.6 Å². The normalized spacial score (nSPS) is 15.4. The summed E-state index contributed by atoms with van der Waals surface area (Å²) >= 11 is 5.33. The maximum absolute atomic E-state index is 12.7. The smallest absolute Gasteiger partial charge is 0.281 e. The number of para-hydroxylation sites is 1. The Balaban J connectivity index is 1.85. The summed E-state index contributed by atoms with van der Waals surface area (Å²) in [6.07, 6.45) is 1.74. The molecule has 0 aliphatic carbocycles. The molecule has 2 aromatic rings. The second-order valence-electron chi connectivity index (χ2n) is 5.72. The minimum atomic E-state index is -0.190. The number of anilines is 2. The molecular formula is C19H17N3O2S. The van der Waals surface area contributed by atoms with Gasteiger partial charge in [-0.15, -0.1) is 0 Å². The standard InChI is InChI=1S/C19H17N3O2S/c1-12-5-3-4-6-17(12)22-18(24)16(21-19(22)25)11-14-7-9-15(10-8-14)20-13(2)23/h3-11H,1-2H3,(H,20,23)(H,21,25)/b16-11-. The van der Waals surface area contributed by atoms with Crippen molar-refractivity contribution >= 4 is 46.6 Å². The molecule has 2 N–H and O–H groups in total. The van der Waals surface area contributed by atoms with Gasteiger partial charge in [0, 0.05) is 12.6 Å². The second-order valence-corrected chi connectivity index (χ2v) is 6.11. The zero-order valence-corrected chi connectivity index (χ0v) is 14.7. The van der Waals surface area contributed by atoms with Gasteiger partial charge in [-0.1, -0.05) is 30.3 Å². The summed E-state index contributed by atoms with van der Waals surface area (Å²) in [6, 6.07) is 14.8. The molecule has 0 saturated carbocycles. The number of hydrogen-bond acceptors (Lipinski definition) is 3. The Hall–Kier alpha value is -2.99. The Bertz CT molecular complexity index is 888. The topological polar surface area (TPSA) is 61.4 Å². The van der Waals surface area contributed by atoms with Crippen LogP contribution in [0.4, 0.5) is 11.4 Å².